The van der Waals surface area contributed by atoms with E-state index in [1.165, 1.54) is 0 Å². The van der Waals surface area contributed by atoms with Gasteiger partial charge in [0.05, 0.1) is 12.3 Å². The number of imidazole rings is 1. The molecule has 0 unspecified atom stereocenters. The average Bonchev–Trinajstić information content (AvgIpc) is 3.01. The lowest BCUT2D eigenvalue weighted by Crippen LogP contribution is -2.26. The number of benzene rings is 1. The molecule has 0 atom stereocenters. The number of nitrogens with zero attached hydrogens (tertiary/aromatic N) is 2. The summed E-state index contributed by atoms with van der Waals surface area (Å²) in [5.74, 6) is 1.76. The third-order valence-electron chi connectivity index (χ3n) is 5.52. The van der Waals surface area contributed by atoms with Crippen molar-refractivity contribution in [2.24, 2.45) is 0 Å². The largest absolute Gasteiger partial charge is 0.493 e. The number of fused-ring (bicyclic) bond motifs is 1. The van der Waals surface area contributed by atoms with E-state index in [0.717, 1.165) is 81.8 Å². The first-order chi connectivity index (χ1) is 14.7. The summed E-state index contributed by atoms with van der Waals surface area (Å²) in [5.41, 5.74) is 0.774. The van der Waals surface area contributed by atoms with Crippen LogP contribution in [0, 0.1) is 0 Å². The normalized spacial score (nSPS) is 13.2. The number of hydrogen-bond acceptors (Lipinski definition) is 5. The highest BCUT2D eigenvalue weighted by Crippen LogP contribution is 2.26. The molecule has 30 heavy (non-hydrogen) atoms. The van der Waals surface area contributed by atoms with Crippen LogP contribution in [0.15, 0.2) is 29.1 Å². The van der Waals surface area contributed by atoms with Gasteiger partial charge in [-0.25, -0.2) is 4.79 Å². The van der Waals surface area contributed by atoms with Crippen LogP contribution < -0.4 is 20.5 Å². The minimum atomic E-state index is -0.0465. The lowest BCUT2D eigenvalue weighted by atomic mass is 10.1. The van der Waals surface area contributed by atoms with Gasteiger partial charge >= 0.3 is 5.69 Å². The number of nitrogens with one attached hydrogen (secondary N) is 1. The molecule has 166 valence electrons. The van der Waals surface area contributed by atoms with Crippen molar-refractivity contribution in [2.45, 2.75) is 65.0 Å². The number of rotatable bonds is 13. The molecule has 0 radical (unpaired) electrons. The molecule has 7 heteroatoms. The highest BCUT2D eigenvalue weighted by Gasteiger charge is 2.21. The topological polar surface area (TPSA) is 77.7 Å². The van der Waals surface area contributed by atoms with Crippen molar-refractivity contribution in [3.63, 3.8) is 0 Å². The maximum Gasteiger partial charge on any atom is 0.331 e. The van der Waals surface area contributed by atoms with Gasteiger partial charge in [-0.05, 0) is 57.7 Å². The summed E-state index contributed by atoms with van der Waals surface area (Å²) in [4.78, 5) is 12.4. The van der Waals surface area contributed by atoms with E-state index in [-0.39, 0.29) is 11.6 Å². The van der Waals surface area contributed by atoms with Gasteiger partial charge in [-0.1, -0.05) is 25.0 Å². The summed E-state index contributed by atoms with van der Waals surface area (Å²) < 4.78 is 14.7. The molecular formula is C23H35N3O4. The summed E-state index contributed by atoms with van der Waals surface area (Å²) in [5, 5.41) is 13.7. The fourth-order valence-electron chi connectivity index (χ4n) is 3.95. The van der Waals surface area contributed by atoms with Crippen molar-refractivity contribution in [1.29, 1.82) is 0 Å². The molecule has 1 aliphatic rings. The smallest absolute Gasteiger partial charge is 0.331 e. The van der Waals surface area contributed by atoms with Gasteiger partial charge in [0.25, 0.3) is 0 Å². The zero-order valence-corrected chi connectivity index (χ0v) is 18.1. The second-order valence-corrected chi connectivity index (χ2v) is 7.71. The van der Waals surface area contributed by atoms with E-state index in [1.54, 1.807) is 9.13 Å². The molecule has 2 N–H and O–H groups in total. The van der Waals surface area contributed by atoms with Crippen molar-refractivity contribution in [3.8, 4) is 17.4 Å². The van der Waals surface area contributed by atoms with Gasteiger partial charge < -0.3 is 19.9 Å². The van der Waals surface area contributed by atoms with Gasteiger partial charge in [0.1, 0.15) is 6.61 Å². The van der Waals surface area contributed by atoms with E-state index >= 15 is 0 Å². The first-order valence-electron chi connectivity index (χ1n) is 11.3. The predicted molar refractivity (Wildman–Crippen MR) is 118 cm³/mol. The van der Waals surface area contributed by atoms with Gasteiger partial charge in [0, 0.05) is 19.6 Å². The summed E-state index contributed by atoms with van der Waals surface area (Å²) >= 11 is 0. The Hall–Kier alpha value is -2.41. The second kappa shape index (κ2) is 11.7. The molecule has 2 heterocycles. The Kier molecular flexibility index (Phi) is 8.68. The van der Waals surface area contributed by atoms with Crippen LogP contribution in [-0.4, -0.2) is 40.5 Å². The number of aromatic hydroxyl groups is 1. The van der Waals surface area contributed by atoms with Crippen molar-refractivity contribution >= 4 is 0 Å². The molecule has 3 rings (SSSR count). The first-order valence-corrected chi connectivity index (χ1v) is 11.3. The van der Waals surface area contributed by atoms with E-state index in [4.69, 9.17) is 9.47 Å². The molecule has 0 fully saturated rings. The molecule has 0 amide bonds. The van der Waals surface area contributed by atoms with E-state index in [9.17, 15) is 9.90 Å². The van der Waals surface area contributed by atoms with Crippen molar-refractivity contribution < 1.29 is 14.6 Å². The van der Waals surface area contributed by atoms with Gasteiger partial charge in [0.2, 0.25) is 5.88 Å². The monoisotopic (exact) mass is 417 g/mol. The Morgan fingerprint density at radius 1 is 1.03 bits per heavy atom. The Bertz CT molecular complexity index is 843. The van der Waals surface area contributed by atoms with Crippen molar-refractivity contribution in [3.05, 3.63) is 40.4 Å². The molecular weight excluding hydrogens is 382 g/mol. The number of aromatic nitrogens is 2. The lowest BCUT2D eigenvalue weighted by molar-refractivity contribution is 0.275. The Balaban J connectivity index is 1.25. The Morgan fingerprint density at radius 3 is 2.57 bits per heavy atom. The van der Waals surface area contributed by atoms with Crippen molar-refractivity contribution in [1.82, 2.24) is 14.5 Å². The zero-order valence-electron chi connectivity index (χ0n) is 18.1. The third kappa shape index (κ3) is 5.81. The Morgan fingerprint density at radius 2 is 1.80 bits per heavy atom. The molecule has 0 saturated heterocycles. The third-order valence-corrected chi connectivity index (χ3v) is 5.52. The first kappa shape index (κ1) is 22.3. The average molecular weight is 418 g/mol. The minimum absolute atomic E-state index is 0.0465. The van der Waals surface area contributed by atoms with Crippen LogP contribution in [0.25, 0.3) is 0 Å². The maximum atomic E-state index is 12.4. The molecule has 0 spiro atoms. The number of unbranched alkanes of at least 4 members (excludes halogenated alkanes) is 3. The number of ether oxygens (including phenoxy) is 2. The van der Waals surface area contributed by atoms with E-state index < -0.39 is 0 Å². The van der Waals surface area contributed by atoms with Crippen LogP contribution in [0.5, 0.6) is 17.4 Å². The van der Waals surface area contributed by atoms with Crippen LogP contribution in [0.2, 0.25) is 0 Å². The van der Waals surface area contributed by atoms with Crippen LogP contribution in [-0.2, 0) is 19.5 Å². The molecule has 1 aromatic heterocycles. The fourth-order valence-corrected chi connectivity index (χ4v) is 3.95. The molecule has 0 bridgehead atoms. The summed E-state index contributed by atoms with van der Waals surface area (Å²) in [6.45, 7) is 6.27. The molecule has 2 aromatic rings. The molecule has 7 nitrogen and oxygen atoms in total. The Labute approximate surface area is 178 Å². The van der Waals surface area contributed by atoms with Crippen molar-refractivity contribution in [2.75, 3.05) is 26.3 Å². The fraction of sp³-hybridized carbons (Fsp3) is 0.609. The summed E-state index contributed by atoms with van der Waals surface area (Å²) in [6, 6.07) is 7.74. The summed E-state index contributed by atoms with van der Waals surface area (Å²) in [7, 11) is 0. The standard InChI is InChI=1S/C23H35N3O4/c1-2-29-20-12-5-6-13-21(20)30-18-15-24-14-8-3-4-9-17-26-22(27)19-11-7-10-16-25(19)23(26)28/h5-6,12-13,24,27H,2-4,7-11,14-18H2,1H3. The lowest BCUT2D eigenvalue weighted by Gasteiger charge is -2.12. The quantitative estimate of drug-likeness (QED) is 0.489. The highest BCUT2D eigenvalue weighted by atomic mass is 16.5. The second-order valence-electron chi connectivity index (χ2n) is 7.71. The van der Waals surface area contributed by atoms with E-state index in [2.05, 4.69) is 5.32 Å². The molecule has 0 aliphatic carbocycles. The van der Waals surface area contributed by atoms with Gasteiger partial charge in [0.15, 0.2) is 11.5 Å². The minimum Gasteiger partial charge on any atom is -0.493 e. The van der Waals surface area contributed by atoms with Crippen LogP contribution in [0.3, 0.4) is 0 Å². The highest BCUT2D eigenvalue weighted by molar-refractivity contribution is 5.39. The SMILES string of the molecule is CCOc1ccccc1OCCNCCCCCCn1c(O)c2n(c1=O)CCCC2. The molecule has 0 saturated carbocycles. The van der Waals surface area contributed by atoms with Crippen LogP contribution in [0.4, 0.5) is 0 Å². The van der Waals surface area contributed by atoms with E-state index in [1.807, 2.05) is 31.2 Å². The molecule has 1 aromatic carbocycles. The van der Waals surface area contributed by atoms with Gasteiger partial charge in [-0.15, -0.1) is 0 Å². The zero-order chi connectivity index (χ0) is 21.2. The van der Waals surface area contributed by atoms with Gasteiger partial charge in [-0.2, -0.15) is 0 Å². The predicted octanol–water partition coefficient (Wildman–Crippen LogP) is 3.32. The number of para-hydroxylation sites is 2. The maximum absolute atomic E-state index is 12.4. The molecule has 1 aliphatic heterocycles. The van der Waals surface area contributed by atoms with Gasteiger partial charge in [-0.3, -0.25) is 9.13 Å². The van der Waals surface area contributed by atoms with Crippen LogP contribution in [0.1, 0.15) is 51.1 Å². The number of hydrogen-bond donors (Lipinski definition) is 2. The summed E-state index contributed by atoms with van der Waals surface area (Å²) in [6.07, 6.45) is 7.02. The van der Waals surface area contributed by atoms with E-state index in [0.29, 0.717) is 19.8 Å². The van der Waals surface area contributed by atoms with Crippen LogP contribution >= 0.6 is 0 Å².